The van der Waals surface area contributed by atoms with Crippen LogP contribution < -0.4 is 10.6 Å². The summed E-state index contributed by atoms with van der Waals surface area (Å²) in [6, 6.07) is 15.2. The number of hydrogen-bond donors (Lipinski definition) is 3. The van der Waals surface area contributed by atoms with E-state index in [2.05, 4.69) is 48.7 Å². The maximum atomic E-state index is 9.56. The zero-order valence-corrected chi connectivity index (χ0v) is 17.0. The number of phenolic OH excluding ortho intramolecular Hbond substituents is 1. The second-order valence-electron chi connectivity index (χ2n) is 6.03. The quantitative estimate of drug-likeness (QED) is 0.397. The zero-order chi connectivity index (χ0) is 19.1. The molecule has 0 radical (unpaired) electrons. The lowest BCUT2D eigenvalue weighted by Crippen LogP contribution is -2.05. The summed E-state index contributed by atoms with van der Waals surface area (Å²) in [5, 5.41) is 17.4. The molecule has 5 nitrogen and oxygen atoms in total. The number of nitrogens with zero attached hydrogens (tertiary/aromatic N) is 2. The molecule has 0 saturated heterocycles. The highest BCUT2D eigenvalue weighted by Gasteiger charge is 2.07. The minimum Gasteiger partial charge on any atom is -0.508 e. The topological polar surface area (TPSA) is 70.1 Å². The minimum absolute atomic E-state index is 0.227. The lowest BCUT2D eigenvalue weighted by Gasteiger charge is -2.11. The first-order valence-corrected chi connectivity index (χ1v) is 10.1. The van der Waals surface area contributed by atoms with Crippen LogP contribution in [-0.2, 0) is 13.0 Å². The van der Waals surface area contributed by atoms with Crippen molar-refractivity contribution in [2.75, 3.05) is 16.0 Å². The third kappa shape index (κ3) is 5.84. The molecule has 1 aromatic heterocycles. The van der Waals surface area contributed by atoms with E-state index in [1.807, 2.05) is 18.2 Å². The van der Waals surface area contributed by atoms with Gasteiger partial charge in [-0.3, -0.25) is 0 Å². The maximum absolute atomic E-state index is 9.56. The van der Waals surface area contributed by atoms with Gasteiger partial charge in [0, 0.05) is 17.6 Å². The van der Waals surface area contributed by atoms with Gasteiger partial charge in [-0.05, 0) is 48.2 Å². The fourth-order valence-electron chi connectivity index (χ4n) is 2.61. The van der Waals surface area contributed by atoms with Crippen LogP contribution in [0.15, 0.2) is 54.7 Å². The van der Waals surface area contributed by atoms with Crippen LogP contribution in [0.2, 0.25) is 5.02 Å². The van der Waals surface area contributed by atoms with Gasteiger partial charge in [-0.15, -0.1) is 0 Å². The lowest BCUT2D eigenvalue weighted by molar-refractivity contribution is 0.474. The Balaban J connectivity index is 1.69. The summed E-state index contributed by atoms with van der Waals surface area (Å²) in [4.78, 5) is 8.72. The zero-order valence-electron chi connectivity index (χ0n) is 14.6. The molecular weight excluding hydrogens is 428 g/mol. The molecule has 0 aliphatic rings. The van der Waals surface area contributed by atoms with E-state index in [1.165, 1.54) is 5.56 Å². The molecular formula is C20H20BrClN4O. The van der Waals surface area contributed by atoms with Gasteiger partial charge in [0.2, 0.25) is 5.95 Å². The molecule has 140 valence electrons. The smallest absolute Gasteiger partial charge is 0.229 e. The molecule has 3 aromatic rings. The summed E-state index contributed by atoms with van der Waals surface area (Å²) in [5.41, 5.74) is 3.12. The number of anilines is 3. The van der Waals surface area contributed by atoms with Crippen molar-refractivity contribution in [3.8, 4) is 5.75 Å². The maximum Gasteiger partial charge on any atom is 0.229 e. The summed E-state index contributed by atoms with van der Waals surface area (Å²) in [6.45, 7) is 0.493. The Morgan fingerprint density at radius 3 is 2.70 bits per heavy atom. The molecule has 3 N–H and O–H groups in total. The van der Waals surface area contributed by atoms with Crippen molar-refractivity contribution < 1.29 is 5.11 Å². The summed E-state index contributed by atoms with van der Waals surface area (Å²) >= 11 is 9.67. The fourth-order valence-corrected chi connectivity index (χ4v) is 3.05. The molecule has 0 fully saturated rings. The molecule has 0 aliphatic heterocycles. The number of aromatic hydroxyl groups is 1. The monoisotopic (exact) mass is 446 g/mol. The summed E-state index contributed by atoms with van der Waals surface area (Å²) in [5.74, 6) is 1.23. The predicted octanol–water partition coefficient (Wildman–Crippen LogP) is 5.52. The number of halogens is 2. The Kier molecular flexibility index (Phi) is 6.90. The van der Waals surface area contributed by atoms with Crippen LogP contribution in [0.4, 0.5) is 17.5 Å². The van der Waals surface area contributed by atoms with Crippen molar-refractivity contribution >= 4 is 45.0 Å². The number of hydrogen-bond acceptors (Lipinski definition) is 5. The second kappa shape index (κ2) is 9.58. The molecule has 7 heteroatoms. The minimum atomic E-state index is 0.227. The molecule has 27 heavy (non-hydrogen) atoms. The largest absolute Gasteiger partial charge is 0.508 e. The molecule has 0 spiro atoms. The standard InChI is InChI=1S/C20H20BrClN4O/c21-9-3-6-14-4-1-7-16(10-14)25-20-24-13-18(22)19(26-20)23-12-15-5-2-8-17(27)11-15/h1-2,4-5,7-8,10-11,13,27H,3,6,9,12H2,(H2,23,24,25,26). The normalized spacial score (nSPS) is 10.6. The van der Waals surface area contributed by atoms with Gasteiger partial charge in [0.05, 0.1) is 6.20 Å². The Hall–Kier alpha value is -2.31. The SMILES string of the molecule is Oc1cccc(CNc2nc(Nc3cccc(CCCBr)c3)ncc2Cl)c1. The molecule has 2 aromatic carbocycles. The van der Waals surface area contributed by atoms with E-state index < -0.39 is 0 Å². The molecule has 0 atom stereocenters. The number of benzene rings is 2. The lowest BCUT2D eigenvalue weighted by atomic mass is 10.1. The number of aryl methyl sites for hydroxylation is 1. The van der Waals surface area contributed by atoms with Crippen LogP contribution in [0, 0.1) is 0 Å². The van der Waals surface area contributed by atoms with Crippen molar-refractivity contribution in [1.29, 1.82) is 0 Å². The van der Waals surface area contributed by atoms with E-state index in [1.54, 1.807) is 24.4 Å². The number of nitrogens with one attached hydrogen (secondary N) is 2. The van der Waals surface area contributed by atoms with E-state index in [4.69, 9.17) is 11.6 Å². The van der Waals surface area contributed by atoms with Gasteiger partial charge in [0.1, 0.15) is 10.8 Å². The van der Waals surface area contributed by atoms with Gasteiger partial charge in [0.15, 0.2) is 5.82 Å². The highest BCUT2D eigenvalue weighted by molar-refractivity contribution is 9.09. The fraction of sp³-hybridized carbons (Fsp3) is 0.200. The number of aromatic nitrogens is 2. The highest BCUT2D eigenvalue weighted by Crippen LogP contribution is 2.23. The van der Waals surface area contributed by atoms with E-state index in [0.29, 0.717) is 23.3 Å². The molecule has 0 amide bonds. The van der Waals surface area contributed by atoms with Gasteiger partial charge < -0.3 is 15.7 Å². The van der Waals surface area contributed by atoms with E-state index in [-0.39, 0.29) is 5.75 Å². The Morgan fingerprint density at radius 2 is 1.89 bits per heavy atom. The third-order valence-electron chi connectivity index (χ3n) is 3.90. The van der Waals surface area contributed by atoms with Crippen LogP contribution in [0.1, 0.15) is 17.5 Å². The molecule has 3 rings (SSSR count). The molecule has 1 heterocycles. The molecule has 0 saturated carbocycles. The average Bonchev–Trinajstić information content (AvgIpc) is 2.67. The van der Waals surface area contributed by atoms with Crippen molar-refractivity contribution in [2.45, 2.75) is 19.4 Å². The second-order valence-corrected chi connectivity index (χ2v) is 7.23. The van der Waals surface area contributed by atoms with Gasteiger partial charge in [0.25, 0.3) is 0 Å². The van der Waals surface area contributed by atoms with Gasteiger partial charge in [-0.1, -0.05) is 51.8 Å². The van der Waals surface area contributed by atoms with Crippen molar-refractivity contribution in [3.63, 3.8) is 0 Å². The van der Waals surface area contributed by atoms with E-state index in [0.717, 1.165) is 29.4 Å². The Labute approximate surface area is 172 Å². The predicted molar refractivity (Wildman–Crippen MR) is 114 cm³/mol. The summed E-state index contributed by atoms with van der Waals surface area (Å²) < 4.78 is 0. The van der Waals surface area contributed by atoms with Crippen LogP contribution >= 0.6 is 27.5 Å². The third-order valence-corrected chi connectivity index (χ3v) is 4.73. The van der Waals surface area contributed by atoms with Crippen LogP contribution in [-0.4, -0.2) is 20.4 Å². The molecule has 0 bridgehead atoms. The summed E-state index contributed by atoms with van der Waals surface area (Å²) in [6.07, 6.45) is 3.67. The van der Waals surface area contributed by atoms with Gasteiger partial charge in [-0.25, -0.2) is 4.98 Å². The van der Waals surface area contributed by atoms with Crippen LogP contribution in [0.5, 0.6) is 5.75 Å². The van der Waals surface area contributed by atoms with Crippen molar-refractivity contribution in [2.24, 2.45) is 0 Å². The van der Waals surface area contributed by atoms with Crippen LogP contribution in [0.3, 0.4) is 0 Å². The van der Waals surface area contributed by atoms with E-state index in [9.17, 15) is 5.11 Å². The molecule has 0 aliphatic carbocycles. The Morgan fingerprint density at radius 1 is 1.07 bits per heavy atom. The van der Waals surface area contributed by atoms with Gasteiger partial charge in [-0.2, -0.15) is 4.98 Å². The Bertz CT molecular complexity index is 907. The van der Waals surface area contributed by atoms with Crippen molar-refractivity contribution in [3.05, 3.63) is 70.9 Å². The number of alkyl halides is 1. The summed E-state index contributed by atoms with van der Waals surface area (Å²) in [7, 11) is 0. The first-order chi connectivity index (χ1) is 13.1. The van der Waals surface area contributed by atoms with Gasteiger partial charge >= 0.3 is 0 Å². The first-order valence-electron chi connectivity index (χ1n) is 8.60. The highest BCUT2D eigenvalue weighted by atomic mass is 79.9. The van der Waals surface area contributed by atoms with Crippen molar-refractivity contribution in [1.82, 2.24) is 9.97 Å². The number of phenols is 1. The average molecular weight is 448 g/mol. The van der Waals surface area contributed by atoms with Crippen LogP contribution in [0.25, 0.3) is 0 Å². The van der Waals surface area contributed by atoms with E-state index >= 15 is 0 Å². The first kappa shape index (κ1) is 19.5. The number of rotatable bonds is 8. The molecule has 0 unspecified atom stereocenters.